The van der Waals surface area contributed by atoms with Crippen molar-refractivity contribution in [3.63, 3.8) is 0 Å². The molecular formula is C32H41ClN6O. The highest BCUT2D eigenvalue weighted by Gasteiger charge is 2.29. The minimum atomic E-state index is -0.346. The van der Waals surface area contributed by atoms with Gasteiger partial charge < -0.3 is 20.1 Å². The number of aromatic nitrogens is 3. The zero-order valence-corrected chi connectivity index (χ0v) is 24.9. The van der Waals surface area contributed by atoms with Crippen molar-refractivity contribution < 1.29 is 4.79 Å². The van der Waals surface area contributed by atoms with Gasteiger partial charge in [-0.05, 0) is 107 Å². The number of benzene rings is 1. The Hall–Kier alpha value is -3.42. The van der Waals surface area contributed by atoms with Crippen molar-refractivity contribution in [1.29, 1.82) is 0 Å². The molecule has 2 amide bonds. The molecule has 1 fully saturated rings. The van der Waals surface area contributed by atoms with E-state index in [-0.39, 0.29) is 6.03 Å². The monoisotopic (exact) mass is 560 g/mol. The summed E-state index contributed by atoms with van der Waals surface area (Å²) in [6.45, 7) is 10.2. The van der Waals surface area contributed by atoms with Crippen molar-refractivity contribution >= 4 is 28.5 Å². The molecule has 40 heavy (non-hydrogen) atoms. The summed E-state index contributed by atoms with van der Waals surface area (Å²) in [5, 5.41) is 1.88. The Morgan fingerprint density at radius 1 is 1.05 bits per heavy atom. The average molecular weight is 561 g/mol. The second-order valence-electron chi connectivity index (χ2n) is 10.6. The number of carbonyl (C=O) groups is 1. The fourth-order valence-corrected chi connectivity index (χ4v) is 5.80. The Labute approximate surface area is 243 Å². The zero-order chi connectivity index (χ0) is 28.6. The molecule has 0 atom stereocenters. The van der Waals surface area contributed by atoms with Gasteiger partial charge in [0.15, 0.2) is 0 Å². The first-order valence-electron chi connectivity index (χ1n) is 14.2. The number of nitrogens with two attached hydrogens (primary N) is 1. The van der Waals surface area contributed by atoms with Crippen LogP contribution in [0.5, 0.6) is 0 Å². The molecule has 0 aliphatic carbocycles. The van der Waals surface area contributed by atoms with Crippen LogP contribution in [0.15, 0.2) is 61.1 Å². The number of fused-ring (bicyclic) bond motifs is 1. The maximum Gasteiger partial charge on any atom is 0.314 e. The van der Waals surface area contributed by atoms with E-state index in [1.54, 1.807) is 4.90 Å². The van der Waals surface area contributed by atoms with Gasteiger partial charge in [-0.25, -0.2) is 4.79 Å². The standard InChI is InChI=1S/C25H24ClN5O.C7H17N/c1-16-14-18(6-11-29-16)24-23(17-8-12-30(13-9-17)25(27)32)21-7-10-28-15-22(21)31(24)20-4-2-19(26)3-5-20;1-4-6-8(3)7-5-2/h2-7,10-11,14-15,17H,8-9,12-13H2,1H3,(H2,27,32);4-7H2,1-3H3. The predicted molar refractivity (Wildman–Crippen MR) is 165 cm³/mol. The topological polar surface area (TPSA) is 80.3 Å². The van der Waals surface area contributed by atoms with Gasteiger partial charge in [-0.3, -0.25) is 9.97 Å². The molecule has 0 saturated carbocycles. The van der Waals surface area contributed by atoms with Crippen molar-refractivity contribution in [2.24, 2.45) is 5.73 Å². The molecule has 212 valence electrons. The third-order valence-electron chi connectivity index (χ3n) is 7.49. The first-order chi connectivity index (χ1) is 19.3. The quantitative estimate of drug-likeness (QED) is 0.263. The van der Waals surface area contributed by atoms with Crippen LogP contribution in [-0.2, 0) is 0 Å². The van der Waals surface area contributed by atoms with E-state index in [9.17, 15) is 4.79 Å². The normalized spacial score (nSPS) is 13.9. The fourth-order valence-electron chi connectivity index (χ4n) is 5.67. The Bertz CT molecular complexity index is 1400. The molecule has 0 unspecified atom stereocenters. The lowest BCUT2D eigenvalue weighted by Crippen LogP contribution is -2.41. The SMILES string of the molecule is CCCN(C)CCC.Cc1cc(-c2c(C3CCN(C(N)=O)CC3)c3ccncc3n2-c2ccc(Cl)cc2)ccn1. The molecule has 1 aromatic carbocycles. The maximum absolute atomic E-state index is 11.7. The van der Waals surface area contributed by atoms with Crippen molar-refractivity contribution in [2.75, 3.05) is 33.2 Å². The minimum Gasteiger partial charge on any atom is -0.351 e. The summed E-state index contributed by atoms with van der Waals surface area (Å²) in [5.41, 5.74) is 12.1. The molecule has 5 rings (SSSR count). The first kappa shape index (κ1) is 29.6. The number of piperidine rings is 1. The van der Waals surface area contributed by atoms with Crippen LogP contribution >= 0.6 is 11.6 Å². The number of urea groups is 1. The average Bonchev–Trinajstić information content (AvgIpc) is 3.29. The third-order valence-corrected chi connectivity index (χ3v) is 7.74. The second kappa shape index (κ2) is 13.8. The molecule has 0 bridgehead atoms. The first-order valence-corrected chi connectivity index (χ1v) is 14.6. The van der Waals surface area contributed by atoms with Crippen LogP contribution in [0.2, 0.25) is 5.02 Å². The molecule has 1 aliphatic rings. The highest BCUT2D eigenvalue weighted by atomic mass is 35.5. The summed E-state index contributed by atoms with van der Waals surface area (Å²) in [7, 11) is 2.17. The molecule has 0 radical (unpaired) electrons. The smallest absolute Gasteiger partial charge is 0.314 e. The van der Waals surface area contributed by atoms with Gasteiger partial charge in [-0.1, -0.05) is 25.4 Å². The van der Waals surface area contributed by atoms with E-state index < -0.39 is 0 Å². The molecule has 3 aromatic heterocycles. The van der Waals surface area contributed by atoms with Crippen molar-refractivity contribution in [3.8, 4) is 16.9 Å². The zero-order valence-electron chi connectivity index (χ0n) is 24.1. The van der Waals surface area contributed by atoms with E-state index in [2.05, 4.69) is 58.5 Å². The molecule has 1 saturated heterocycles. The summed E-state index contributed by atoms with van der Waals surface area (Å²) in [4.78, 5) is 24.6. The van der Waals surface area contributed by atoms with E-state index in [1.807, 2.05) is 49.8 Å². The number of carbonyl (C=O) groups excluding carboxylic acids is 1. The number of pyridine rings is 2. The van der Waals surface area contributed by atoms with Gasteiger partial charge in [0.1, 0.15) is 0 Å². The fraction of sp³-hybridized carbons (Fsp3) is 0.406. The Kier molecular flexibility index (Phi) is 10.2. The number of halogens is 1. The largest absolute Gasteiger partial charge is 0.351 e. The number of nitrogens with zero attached hydrogens (tertiary/aromatic N) is 5. The van der Waals surface area contributed by atoms with Crippen molar-refractivity contribution in [2.45, 2.75) is 52.4 Å². The van der Waals surface area contributed by atoms with Crippen LogP contribution in [-0.4, -0.2) is 63.6 Å². The summed E-state index contributed by atoms with van der Waals surface area (Å²) in [5.74, 6) is 0.299. The molecule has 0 spiro atoms. The summed E-state index contributed by atoms with van der Waals surface area (Å²) < 4.78 is 2.27. The van der Waals surface area contributed by atoms with Crippen LogP contribution < -0.4 is 5.73 Å². The number of aryl methyl sites for hydroxylation is 1. The number of amides is 2. The highest BCUT2D eigenvalue weighted by Crippen LogP contribution is 2.43. The summed E-state index contributed by atoms with van der Waals surface area (Å²) >= 11 is 6.19. The molecular weight excluding hydrogens is 520 g/mol. The van der Waals surface area contributed by atoms with Gasteiger partial charge in [-0.15, -0.1) is 0 Å². The van der Waals surface area contributed by atoms with E-state index in [0.29, 0.717) is 24.0 Å². The van der Waals surface area contributed by atoms with Gasteiger partial charge in [-0.2, -0.15) is 0 Å². The lowest BCUT2D eigenvalue weighted by molar-refractivity contribution is 0.191. The lowest BCUT2D eigenvalue weighted by atomic mass is 9.86. The molecule has 4 heterocycles. The molecule has 7 nitrogen and oxygen atoms in total. The van der Waals surface area contributed by atoms with Gasteiger partial charge in [0.05, 0.1) is 17.4 Å². The van der Waals surface area contributed by atoms with E-state index in [0.717, 1.165) is 41.0 Å². The number of likely N-dealkylation sites (tertiary alicyclic amines) is 1. The van der Waals surface area contributed by atoms with Crippen LogP contribution in [0.4, 0.5) is 4.79 Å². The highest BCUT2D eigenvalue weighted by molar-refractivity contribution is 6.30. The van der Waals surface area contributed by atoms with Crippen molar-refractivity contribution in [1.82, 2.24) is 24.3 Å². The van der Waals surface area contributed by atoms with Gasteiger partial charge in [0, 0.05) is 52.8 Å². The Balaban J connectivity index is 0.000000406. The van der Waals surface area contributed by atoms with Crippen LogP contribution in [0.3, 0.4) is 0 Å². The van der Waals surface area contributed by atoms with Gasteiger partial charge in [0.25, 0.3) is 0 Å². The van der Waals surface area contributed by atoms with E-state index in [1.165, 1.54) is 36.9 Å². The van der Waals surface area contributed by atoms with Crippen LogP contribution in [0.1, 0.15) is 56.7 Å². The van der Waals surface area contributed by atoms with Crippen LogP contribution in [0, 0.1) is 6.92 Å². The van der Waals surface area contributed by atoms with Gasteiger partial charge in [0.2, 0.25) is 0 Å². The minimum absolute atomic E-state index is 0.299. The maximum atomic E-state index is 11.7. The molecule has 2 N–H and O–H groups in total. The number of hydrogen-bond acceptors (Lipinski definition) is 4. The van der Waals surface area contributed by atoms with Crippen LogP contribution in [0.25, 0.3) is 27.8 Å². The molecule has 8 heteroatoms. The lowest BCUT2D eigenvalue weighted by Gasteiger charge is -2.31. The number of primary amides is 1. The molecule has 4 aromatic rings. The predicted octanol–water partition coefficient (Wildman–Crippen LogP) is 7.05. The summed E-state index contributed by atoms with van der Waals surface area (Å²) in [6, 6.07) is 13.8. The van der Waals surface area contributed by atoms with E-state index >= 15 is 0 Å². The summed E-state index contributed by atoms with van der Waals surface area (Å²) in [6.07, 6.45) is 9.89. The number of hydrogen-bond donors (Lipinski definition) is 1. The van der Waals surface area contributed by atoms with E-state index in [4.69, 9.17) is 17.3 Å². The Morgan fingerprint density at radius 3 is 2.33 bits per heavy atom. The molecule has 1 aliphatic heterocycles. The van der Waals surface area contributed by atoms with Crippen molar-refractivity contribution in [3.05, 3.63) is 77.3 Å². The number of rotatable bonds is 7. The third kappa shape index (κ3) is 6.83. The second-order valence-corrected chi connectivity index (χ2v) is 11.0. The Morgan fingerprint density at radius 2 is 1.73 bits per heavy atom. The van der Waals surface area contributed by atoms with Gasteiger partial charge >= 0.3 is 6.03 Å².